The van der Waals surface area contributed by atoms with Gasteiger partial charge in [0.1, 0.15) is 13.2 Å². The second-order valence-corrected chi connectivity index (χ2v) is 18.8. The Hall–Kier alpha value is 3.42. The van der Waals surface area contributed by atoms with Crippen molar-refractivity contribution in [3.05, 3.63) is 84.9 Å². The fourth-order valence-electron chi connectivity index (χ4n) is 3.06. The van der Waals surface area contributed by atoms with Crippen LogP contribution in [0.1, 0.15) is 22.3 Å². The first kappa shape index (κ1) is 39.9. The molecule has 0 amide bonds. The number of hydrogen-bond acceptors (Lipinski definition) is 2. The van der Waals surface area contributed by atoms with E-state index in [0.717, 1.165) is 84.9 Å². The highest BCUT2D eigenvalue weighted by molar-refractivity contribution is 9.16. The standard InChI is InChI=1S/C26H8Br14O2/c27-13-9(3-1-5-41-7-11-17(31)21(35)25(39)22(36)18(11)32)14(28)16(30)10(15(13)29)4-2-6-42-8-12-19(33)23(37)26(40)24(38)20(12)34/h5-8H2. The maximum Gasteiger partial charge on any atom is 0.108 e. The lowest BCUT2D eigenvalue weighted by Crippen LogP contribution is -1.98. The van der Waals surface area contributed by atoms with E-state index >= 15 is 0 Å². The van der Waals surface area contributed by atoms with Gasteiger partial charge in [0.15, 0.2) is 0 Å². The van der Waals surface area contributed by atoms with Crippen LogP contribution >= 0.6 is 223 Å². The summed E-state index contributed by atoms with van der Waals surface area (Å²) in [5, 5.41) is 0. The van der Waals surface area contributed by atoms with Crippen LogP contribution in [0, 0.1) is 23.7 Å². The molecule has 3 aromatic carbocycles. The normalized spacial score (nSPS) is 10.8. The quantitative estimate of drug-likeness (QED) is 0.106. The molecule has 0 aliphatic carbocycles. The van der Waals surface area contributed by atoms with Crippen LogP contribution in [0.4, 0.5) is 0 Å². The molecule has 0 spiro atoms. The lowest BCUT2D eigenvalue weighted by molar-refractivity contribution is 0.152. The molecule has 0 N–H and O–H groups in total. The van der Waals surface area contributed by atoms with Crippen LogP contribution in [-0.4, -0.2) is 13.2 Å². The van der Waals surface area contributed by atoms with Crippen LogP contribution in [0.2, 0.25) is 0 Å². The summed E-state index contributed by atoms with van der Waals surface area (Å²) in [6.07, 6.45) is 0. The van der Waals surface area contributed by atoms with Gasteiger partial charge in [-0.2, -0.15) is 0 Å². The number of benzene rings is 3. The highest BCUT2D eigenvalue weighted by atomic mass is 79.9. The molecule has 0 bridgehead atoms. The Morgan fingerprint density at radius 3 is 0.833 bits per heavy atom. The molecular formula is C26H8Br14O2. The Bertz CT molecular complexity index is 1480. The molecule has 0 saturated carbocycles. The van der Waals surface area contributed by atoms with Crippen molar-refractivity contribution >= 4 is 223 Å². The third-order valence-electron chi connectivity index (χ3n) is 5.13. The second kappa shape index (κ2) is 18.4. The van der Waals surface area contributed by atoms with E-state index in [1.807, 2.05) is 0 Å². The minimum absolute atomic E-state index is 0.231. The molecule has 0 fully saturated rings. The van der Waals surface area contributed by atoms with E-state index in [4.69, 9.17) is 9.47 Å². The van der Waals surface area contributed by atoms with Gasteiger partial charge >= 0.3 is 0 Å². The fraction of sp³-hybridized carbons (Fsp3) is 0.154. The van der Waals surface area contributed by atoms with E-state index in [2.05, 4.69) is 247 Å². The Balaban J connectivity index is 1.70. The molecule has 0 atom stereocenters. The molecular weight excluding hydrogens is 1460 g/mol. The number of hydrogen-bond donors (Lipinski definition) is 0. The van der Waals surface area contributed by atoms with Crippen molar-refractivity contribution in [1.29, 1.82) is 0 Å². The van der Waals surface area contributed by atoms with Gasteiger partial charge in [0.25, 0.3) is 0 Å². The second-order valence-electron chi connectivity index (χ2n) is 7.69. The van der Waals surface area contributed by atoms with Crippen LogP contribution in [0.25, 0.3) is 0 Å². The molecule has 3 rings (SSSR count). The molecule has 2 nitrogen and oxygen atoms in total. The van der Waals surface area contributed by atoms with Gasteiger partial charge in [-0.3, -0.25) is 0 Å². The molecule has 0 radical (unpaired) electrons. The summed E-state index contributed by atoms with van der Waals surface area (Å²) in [6.45, 7) is 1.18. The Morgan fingerprint density at radius 1 is 0.333 bits per heavy atom. The van der Waals surface area contributed by atoms with Gasteiger partial charge in [-0.15, -0.1) is 0 Å². The third-order valence-corrected chi connectivity index (χ3v) is 21.9. The summed E-state index contributed by atoms with van der Waals surface area (Å²) >= 11 is 50.5. The van der Waals surface area contributed by atoms with Crippen molar-refractivity contribution in [3.8, 4) is 23.7 Å². The Kier molecular flexibility index (Phi) is 17.5. The molecule has 222 valence electrons. The maximum atomic E-state index is 5.86. The highest BCUT2D eigenvalue weighted by Gasteiger charge is 2.20. The molecule has 42 heavy (non-hydrogen) atoms. The molecule has 0 aliphatic rings. The third kappa shape index (κ3) is 9.35. The molecule has 0 unspecified atom stereocenters. The van der Waals surface area contributed by atoms with E-state index in [1.54, 1.807) is 0 Å². The van der Waals surface area contributed by atoms with E-state index in [0.29, 0.717) is 13.2 Å². The topological polar surface area (TPSA) is 18.5 Å². The summed E-state index contributed by atoms with van der Waals surface area (Å²) in [6, 6.07) is 0. The first-order valence-corrected chi connectivity index (χ1v) is 21.8. The maximum absolute atomic E-state index is 5.86. The first-order valence-electron chi connectivity index (χ1n) is 10.7. The summed E-state index contributed by atoms with van der Waals surface area (Å²) in [4.78, 5) is 0. The SMILES string of the molecule is Brc1c(Br)c(Br)c(COCC#Cc2c(Br)c(Br)c(C#CCOCc3c(Br)c(Br)c(Br)c(Br)c3Br)c(Br)c2Br)c(Br)c1Br. The van der Waals surface area contributed by atoms with Crippen molar-refractivity contribution in [2.24, 2.45) is 0 Å². The van der Waals surface area contributed by atoms with Gasteiger partial charge < -0.3 is 9.47 Å². The van der Waals surface area contributed by atoms with Gasteiger partial charge in [0, 0.05) is 73.7 Å². The van der Waals surface area contributed by atoms with Crippen LogP contribution in [0.3, 0.4) is 0 Å². The van der Waals surface area contributed by atoms with Crippen molar-refractivity contribution in [3.63, 3.8) is 0 Å². The van der Waals surface area contributed by atoms with Crippen LogP contribution in [-0.2, 0) is 22.7 Å². The number of rotatable bonds is 6. The van der Waals surface area contributed by atoms with Crippen LogP contribution < -0.4 is 0 Å². The lowest BCUT2D eigenvalue weighted by Gasteiger charge is -2.13. The average molecular weight is 1470 g/mol. The van der Waals surface area contributed by atoms with Crippen molar-refractivity contribution in [2.45, 2.75) is 13.2 Å². The molecule has 16 heteroatoms. The number of ether oxygens (including phenoxy) is 2. The first-order chi connectivity index (χ1) is 19.7. The number of halogens is 14. The van der Waals surface area contributed by atoms with Crippen LogP contribution in [0.15, 0.2) is 62.6 Å². The zero-order chi connectivity index (χ0) is 31.5. The van der Waals surface area contributed by atoms with Gasteiger partial charge in [-0.05, 0) is 223 Å². The molecule has 0 aliphatic heterocycles. The summed E-state index contributed by atoms with van der Waals surface area (Å²) in [5.41, 5.74) is 3.43. The van der Waals surface area contributed by atoms with E-state index in [9.17, 15) is 0 Å². The molecule has 0 aromatic heterocycles. The van der Waals surface area contributed by atoms with Gasteiger partial charge in [-0.1, -0.05) is 23.7 Å². The Morgan fingerprint density at radius 2 is 0.571 bits per heavy atom. The summed E-state index contributed by atoms with van der Waals surface area (Å²) < 4.78 is 23.8. The Labute approximate surface area is 361 Å². The zero-order valence-corrected chi connectivity index (χ0v) is 42.1. The highest BCUT2D eigenvalue weighted by Crippen LogP contribution is 2.46. The molecule has 0 heterocycles. The molecule has 0 saturated heterocycles. The summed E-state index contributed by atoms with van der Waals surface area (Å²) in [7, 11) is 0. The fourth-order valence-corrected chi connectivity index (χ4v) is 12.3. The predicted octanol–water partition coefficient (Wildman–Crippen LogP) is 15.5. The minimum Gasteiger partial charge on any atom is -0.364 e. The average Bonchev–Trinajstić information content (AvgIpc) is 2.97. The van der Waals surface area contributed by atoms with Gasteiger partial charge in [0.2, 0.25) is 0 Å². The minimum atomic E-state index is 0.231. The van der Waals surface area contributed by atoms with Crippen LogP contribution in [0.5, 0.6) is 0 Å². The van der Waals surface area contributed by atoms with E-state index in [1.165, 1.54) is 0 Å². The van der Waals surface area contributed by atoms with Crippen molar-refractivity contribution in [1.82, 2.24) is 0 Å². The smallest absolute Gasteiger partial charge is 0.108 e. The van der Waals surface area contributed by atoms with Crippen molar-refractivity contribution in [2.75, 3.05) is 13.2 Å². The molecule has 3 aromatic rings. The van der Waals surface area contributed by atoms with Gasteiger partial charge in [0.05, 0.1) is 24.3 Å². The zero-order valence-electron chi connectivity index (χ0n) is 19.9. The van der Waals surface area contributed by atoms with Crippen molar-refractivity contribution < 1.29 is 9.47 Å². The van der Waals surface area contributed by atoms with E-state index in [-0.39, 0.29) is 13.2 Å². The van der Waals surface area contributed by atoms with Gasteiger partial charge in [-0.25, -0.2) is 0 Å². The monoisotopic (exact) mass is 1460 g/mol. The van der Waals surface area contributed by atoms with E-state index < -0.39 is 0 Å². The predicted molar refractivity (Wildman–Crippen MR) is 220 cm³/mol. The summed E-state index contributed by atoms with van der Waals surface area (Å²) in [5.74, 6) is 12.6. The largest absolute Gasteiger partial charge is 0.364 e. The lowest BCUT2D eigenvalue weighted by atomic mass is 10.1.